The SMILES string of the molecule is Cc1ccc(C#N)c(NC(C)c2ncn[nH]2)n1. The Morgan fingerprint density at radius 3 is 2.94 bits per heavy atom. The Hall–Kier alpha value is -2.42. The van der Waals surface area contributed by atoms with Crippen LogP contribution in [-0.4, -0.2) is 20.2 Å². The topological polar surface area (TPSA) is 90.3 Å². The summed E-state index contributed by atoms with van der Waals surface area (Å²) in [7, 11) is 0. The van der Waals surface area contributed by atoms with Crippen molar-refractivity contribution in [3.05, 3.63) is 35.5 Å². The van der Waals surface area contributed by atoms with Crippen molar-refractivity contribution in [3.8, 4) is 6.07 Å². The van der Waals surface area contributed by atoms with Crippen molar-refractivity contribution >= 4 is 5.82 Å². The second kappa shape index (κ2) is 4.61. The van der Waals surface area contributed by atoms with Gasteiger partial charge in [0.2, 0.25) is 0 Å². The molecule has 0 spiro atoms. The lowest BCUT2D eigenvalue weighted by atomic mass is 10.2. The number of nitriles is 1. The van der Waals surface area contributed by atoms with E-state index in [9.17, 15) is 0 Å². The van der Waals surface area contributed by atoms with Crippen molar-refractivity contribution in [2.75, 3.05) is 5.32 Å². The van der Waals surface area contributed by atoms with Crippen LogP contribution < -0.4 is 5.32 Å². The lowest BCUT2D eigenvalue weighted by Gasteiger charge is -2.13. The first-order valence-electron chi connectivity index (χ1n) is 5.20. The van der Waals surface area contributed by atoms with Gasteiger partial charge in [0.1, 0.15) is 24.0 Å². The number of aromatic nitrogens is 4. The molecule has 0 amide bonds. The van der Waals surface area contributed by atoms with Crippen molar-refractivity contribution < 1.29 is 0 Å². The Labute approximate surface area is 98.7 Å². The van der Waals surface area contributed by atoms with Gasteiger partial charge >= 0.3 is 0 Å². The van der Waals surface area contributed by atoms with E-state index >= 15 is 0 Å². The summed E-state index contributed by atoms with van der Waals surface area (Å²) in [5.74, 6) is 1.27. The highest BCUT2D eigenvalue weighted by Gasteiger charge is 2.11. The Balaban J connectivity index is 2.24. The van der Waals surface area contributed by atoms with Crippen molar-refractivity contribution in [3.63, 3.8) is 0 Å². The number of anilines is 1. The van der Waals surface area contributed by atoms with E-state index in [-0.39, 0.29) is 6.04 Å². The van der Waals surface area contributed by atoms with Gasteiger partial charge in [0.15, 0.2) is 0 Å². The standard InChI is InChI=1S/C11H12N6/c1-7-3-4-9(5-12)11(15-7)16-8(2)10-13-6-14-17-10/h3-4,6,8H,1-2H3,(H,15,16)(H,13,14,17). The molecule has 0 fully saturated rings. The number of hydrogen-bond acceptors (Lipinski definition) is 5. The molecule has 6 nitrogen and oxygen atoms in total. The normalized spacial score (nSPS) is 11.8. The fourth-order valence-corrected chi connectivity index (χ4v) is 1.45. The van der Waals surface area contributed by atoms with Crippen LogP contribution in [0.25, 0.3) is 0 Å². The maximum atomic E-state index is 8.99. The van der Waals surface area contributed by atoms with Gasteiger partial charge in [-0.15, -0.1) is 0 Å². The average Bonchev–Trinajstić information content (AvgIpc) is 2.83. The third-order valence-electron chi connectivity index (χ3n) is 2.35. The zero-order valence-corrected chi connectivity index (χ0v) is 9.60. The predicted molar refractivity (Wildman–Crippen MR) is 62.1 cm³/mol. The van der Waals surface area contributed by atoms with Crippen LogP contribution in [0.3, 0.4) is 0 Å². The van der Waals surface area contributed by atoms with E-state index in [2.05, 4.69) is 31.6 Å². The molecule has 0 radical (unpaired) electrons. The van der Waals surface area contributed by atoms with Crippen molar-refractivity contribution in [2.24, 2.45) is 0 Å². The summed E-state index contributed by atoms with van der Waals surface area (Å²) in [6.07, 6.45) is 1.45. The van der Waals surface area contributed by atoms with Crippen LogP contribution >= 0.6 is 0 Å². The van der Waals surface area contributed by atoms with Crippen LogP contribution in [0.1, 0.15) is 30.0 Å². The van der Waals surface area contributed by atoms with Gasteiger partial charge < -0.3 is 5.32 Å². The van der Waals surface area contributed by atoms with Crippen LogP contribution in [0.15, 0.2) is 18.5 Å². The van der Waals surface area contributed by atoms with Crippen molar-refractivity contribution in [1.29, 1.82) is 5.26 Å². The zero-order chi connectivity index (χ0) is 12.3. The molecule has 6 heteroatoms. The number of H-pyrrole nitrogens is 1. The third kappa shape index (κ3) is 2.39. The van der Waals surface area contributed by atoms with Crippen molar-refractivity contribution in [1.82, 2.24) is 20.2 Å². The fourth-order valence-electron chi connectivity index (χ4n) is 1.45. The van der Waals surface area contributed by atoms with Crippen LogP contribution in [0, 0.1) is 18.3 Å². The first-order chi connectivity index (χ1) is 8.20. The summed E-state index contributed by atoms with van der Waals surface area (Å²) in [6, 6.07) is 5.57. The maximum Gasteiger partial charge on any atom is 0.146 e. The number of hydrogen-bond donors (Lipinski definition) is 2. The molecule has 2 N–H and O–H groups in total. The molecule has 2 aromatic rings. The predicted octanol–water partition coefficient (Wildman–Crippen LogP) is 1.55. The summed E-state index contributed by atoms with van der Waals surface area (Å²) in [5, 5.41) is 18.7. The van der Waals surface area contributed by atoms with Gasteiger partial charge in [0, 0.05) is 5.69 Å². The Morgan fingerprint density at radius 2 is 2.29 bits per heavy atom. The maximum absolute atomic E-state index is 8.99. The summed E-state index contributed by atoms with van der Waals surface area (Å²) >= 11 is 0. The monoisotopic (exact) mass is 228 g/mol. The van der Waals surface area contributed by atoms with Crippen molar-refractivity contribution in [2.45, 2.75) is 19.9 Å². The third-order valence-corrected chi connectivity index (χ3v) is 2.35. The smallest absolute Gasteiger partial charge is 0.146 e. The molecule has 2 heterocycles. The lowest BCUT2D eigenvalue weighted by Crippen LogP contribution is -2.11. The Morgan fingerprint density at radius 1 is 1.47 bits per heavy atom. The minimum absolute atomic E-state index is 0.0844. The van der Waals surface area contributed by atoms with E-state index in [0.717, 1.165) is 5.69 Å². The number of nitrogens with one attached hydrogen (secondary N) is 2. The Bertz CT molecular complexity index is 540. The highest BCUT2D eigenvalue weighted by atomic mass is 15.2. The molecule has 2 rings (SSSR count). The molecule has 0 aromatic carbocycles. The molecule has 0 aliphatic carbocycles. The van der Waals surface area contributed by atoms with Gasteiger partial charge in [-0.05, 0) is 26.0 Å². The van der Waals surface area contributed by atoms with Gasteiger partial charge in [0.05, 0.1) is 11.6 Å². The van der Waals surface area contributed by atoms with E-state index in [4.69, 9.17) is 5.26 Å². The minimum Gasteiger partial charge on any atom is -0.359 e. The molecule has 0 bridgehead atoms. The van der Waals surface area contributed by atoms with E-state index in [1.807, 2.05) is 19.9 Å². The lowest BCUT2D eigenvalue weighted by molar-refractivity contribution is 0.788. The highest BCUT2D eigenvalue weighted by molar-refractivity contribution is 5.52. The largest absolute Gasteiger partial charge is 0.359 e. The first-order valence-corrected chi connectivity index (χ1v) is 5.20. The van der Waals surface area contributed by atoms with E-state index in [1.54, 1.807) is 6.07 Å². The van der Waals surface area contributed by atoms with E-state index < -0.39 is 0 Å². The highest BCUT2D eigenvalue weighted by Crippen LogP contribution is 2.18. The quantitative estimate of drug-likeness (QED) is 0.831. The van der Waals surface area contributed by atoms with Gasteiger partial charge in [-0.2, -0.15) is 10.4 Å². The van der Waals surface area contributed by atoms with Gasteiger partial charge in [0.25, 0.3) is 0 Å². The molecular weight excluding hydrogens is 216 g/mol. The number of nitrogens with zero attached hydrogens (tertiary/aromatic N) is 4. The van der Waals surface area contributed by atoms with Gasteiger partial charge in [-0.25, -0.2) is 9.97 Å². The molecule has 1 atom stereocenters. The molecule has 2 aromatic heterocycles. The zero-order valence-electron chi connectivity index (χ0n) is 9.60. The second-order valence-corrected chi connectivity index (χ2v) is 3.70. The molecule has 0 saturated carbocycles. The number of pyridine rings is 1. The summed E-state index contributed by atoms with van der Waals surface area (Å²) in [4.78, 5) is 8.35. The molecule has 0 aliphatic heterocycles. The fraction of sp³-hybridized carbons (Fsp3) is 0.273. The molecule has 0 saturated heterocycles. The Kier molecular flexibility index (Phi) is 3.01. The number of rotatable bonds is 3. The van der Waals surface area contributed by atoms with Crippen LogP contribution in [0.4, 0.5) is 5.82 Å². The van der Waals surface area contributed by atoms with Crippen LogP contribution in [-0.2, 0) is 0 Å². The van der Waals surface area contributed by atoms with E-state index in [1.165, 1.54) is 6.33 Å². The summed E-state index contributed by atoms with van der Waals surface area (Å²) < 4.78 is 0. The van der Waals surface area contributed by atoms with Gasteiger partial charge in [-0.1, -0.05) is 0 Å². The second-order valence-electron chi connectivity index (χ2n) is 3.70. The molecule has 0 aliphatic rings. The van der Waals surface area contributed by atoms with Gasteiger partial charge in [-0.3, -0.25) is 5.10 Å². The number of aryl methyl sites for hydroxylation is 1. The van der Waals surface area contributed by atoms with E-state index in [0.29, 0.717) is 17.2 Å². The van der Waals surface area contributed by atoms with Crippen LogP contribution in [0.2, 0.25) is 0 Å². The van der Waals surface area contributed by atoms with Crippen LogP contribution in [0.5, 0.6) is 0 Å². The summed E-state index contributed by atoms with van der Waals surface area (Å²) in [6.45, 7) is 3.80. The molecule has 17 heavy (non-hydrogen) atoms. The molecule has 86 valence electrons. The summed E-state index contributed by atoms with van der Waals surface area (Å²) in [5.41, 5.74) is 1.37. The number of aromatic amines is 1. The minimum atomic E-state index is -0.0844. The molecular formula is C11H12N6. The molecule has 1 unspecified atom stereocenters. The first kappa shape index (κ1) is 11.1. The average molecular weight is 228 g/mol.